The third kappa shape index (κ3) is 6.48. The predicted molar refractivity (Wildman–Crippen MR) is 104 cm³/mol. The van der Waals surface area contributed by atoms with Crippen LogP contribution >= 0.6 is 0 Å². The van der Waals surface area contributed by atoms with Crippen molar-refractivity contribution in [2.24, 2.45) is 5.92 Å². The zero-order valence-corrected chi connectivity index (χ0v) is 17.9. The van der Waals surface area contributed by atoms with Crippen molar-refractivity contribution in [1.29, 1.82) is 0 Å². The molecule has 1 aliphatic heterocycles. The van der Waals surface area contributed by atoms with Gasteiger partial charge in [0.15, 0.2) is 30.1 Å². The minimum absolute atomic E-state index is 0.123. The molecule has 1 aliphatic rings. The van der Waals surface area contributed by atoms with Gasteiger partial charge in [-0.25, -0.2) is 14.0 Å². The molecule has 1 aromatic heterocycles. The number of nitrogens with one attached hydrogen (secondary N) is 1. The fourth-order valence-corrected chi connectivity index (χ4v) is 2.93. The Morgan fingerprint density at radius 3 is 2.42 bits per heavy atom. The van der Waals surface area contributed by atoms with Crippen LogP contribution in [0.1, 0.15) is 47.3 Å². The summed E-state index contributed by atoms with van der Waals surface area (Å²) in [4.78, 5) is 50.7. The molecular formula is C19H26FN3O8. The van der Waals surface area contributed by atoms with Crippen LogP contribution < -0.4 is 11.0 Å². The van der Waals surface area contributed by atoms with Gasteiger partial charge in [-0.15, -0.1) is 0 Å². The van der Waals surface area contributed by atoms with Crippen LogP contribution in [0.4, 0.5) is 15.0 Å². The zero-order valence-electron chi connectivity index (χ0n) is 17.9. The maximum absolute atomic E-state index is 14.5. The molecule has 2 heterocycles. The Kier molecular flexibility index (Phi) is 8.08. The van der Waals surface area contributed by atoms with Crippen molar-refractivity contribution >= 4 is 23.8 Å². The molecule has 0 aromatic carbocycles. The second-order valence-corrected chi connectivity index (χ2v) is 7.45. The second-order valence-electron chi connectivity index (χ2n) is 7.45. The summed E-state index contributed by atoms with van der Waals surface area (Å²) in [5, 5.41) is 2.07. The lowest BCUT2D eigenvalue weighted by molar-refractivity contribution is -0.165. The van der Waals surface area contributed by atoms with Gasteiger partial charge in [-0.3, -0.25) is 19.5 Å². The molecule has 1 amide bonds. The molecule has 0 radical (unpaired) electrons. The van der Waals surface area contributed by atoms with E-state index in [0.29, 0.717) is 12.3 Å². The third-order valence-corrected chi connectivity index (χ3v) is 4.36. The molecule has 1 saturated heterocycles. The first-order chi connectivity index (χ1) is 14.5. The number of ether oxygens (including phenoxy) is 4. The summed E-state index contributed by atoms with van der Waals surface area (Å²) < 4.78 is 36.1. The van der Waals surface area contributed by atoms with Crippen molar-refractivity contribution in [3.8, 4) is 0 Å². The molecule has 2 rings (SSSR count). The first-order valence-corrected chi connectivity index (χ1v) is 9.72. The maximum Gasteiger partial charge on any atom is 0.412 e. The van der Waals surface area contributed by atoms with Gasteiger partial charge < -0.3 is 18.9 Å². The van der Waals surface area contributed by atoms with Gasteiger partial charge in [0.1, 0.15) is 0 Å². The Morgan fingerprint density at radius 2 is 1.84 bits per heavy atom. The highest BCUT2D eigenvalue weighted by Crippen LogP contribution is 2.33. The Hall–Kier alpha value is -3.02. The number of amides is 1. The highest BCUT2D eigenvalue weighted by atomic mass is 19.1. The molecule has 1 fully saturated rings. The minimum atomic E-state index is -1.30. The lowest BCUT2D eigenvalue weighted by Crippen LogP contribution is -2.40. The van der Waals surface area contributed by atoms with Crippen molar-refractivity contribution in [1.82, 2.24) is 9.55 Å². The fourth-order valence-electron chi connectivity index (χ4n) is 2.93. The van der Waals surface area contributed by atoms with Crippen LogP contribution in [0, 0.1) is 11.7 Å². The van der Waals surface area contributed by atoms with Gasteiger partial charge in [0.05, 0.1) is 18.9 Å². The van der Waals surface area contributed by atoms with Crippen molar-refractivity contribution in [2.75, 3.05) is 11.9 Å². The molecule has 0 aliphatic carbocycles. The van der Waals surface area contributed by atoms with E-state index >= 15 is 0 Å². The van der Waals surface area contributed by atoms with E-state index in [4.69, 9.17) is 18.9 Å². The summed E-state index contributed by atoms with van der Waals surface area (Å²) in [5.41, 5.74) is -0.989. The average molecular weight is 443 g/mol. The van der Waals surface area contributed by atoms with E-state index in [0.717, 1.165) is 17.7 Å². The van der Waals surface area contributed by atoms with E-state index in [1.54, 1.807) is 6.92 Å². The number of anilines is 1. The first-order valence-electron chi connectivity index (χ1n) is 9.72. The number of hydrogen-bond donors (Lipinski definition) is 1. The standard InChI is InChI=1S/C19H26FN3O8/c1-9(2)6-7-28-19(27)22-16-13(20)8-23(18(26)21-16)17-15(31-12(5)25)14(10(3)29-17)30-11(4)24/h8-10,14-15,17H,6-7H2,1-5H3,(H,21,22,26,27)/t10-,14-,15-,17-/m1/s1. The Balaban J connectivity index is 2.24. The number of carbonyl (C=O) groups is 3. The number of esters is 2. The SMILES string of the molecule is CC(=O)O[C@@H]1[C@H](OC(C)=O)[C@@H](C)O[C@H]1n1cc(F)c(NC(=O)OCCC(C)C)nc1=O. The summed E-state index contributed by atoms with van der Waals surface area (Å²) in [7, 11) is 0. The number of hydrogen-bond acceptors (Lipinski definition) is 9. The van der Waals surface area contributed by atoms with E-state index in [-0.39, 0.29) is 6.61 Å². The zero-order chi connectivity index (χ0) is 23.3. The fraction of sp³-hybridized carbons (Fsp3) is 0.632. The van der Waals surface area contributed by atoms with Gasteiger partial charge in [-0.05, 0) is 19.3 Å². The minimum Gasteiger partial charge on any atom is -0.456 e. The summed E-state index contributed by atoms with van der Waals surface area (Å²) in [5.74, 6) is -2.72. The van der Waals surface area contributed by atoms with Gasteiger partial charge in [-0.2, -0.15) is 4.98 Å². The van der Waals surface area contributed by atoms with Crippen molar-refractivity contribution in [3.63, 3.8) is 0 Å². The van der Waals surface area contributed by atoms with Crippen LogP contribution in [0.2, 0.25) is 0 Å². The van der Waals surface area contributed by atoms with Gasteiger partial charge in [0, 0.05) is 13.8 Å². The summed E-state index contributed by atoms with van der Waals surface area (Å²) >= 11 is 0. The first kappa shape index (κ1) is 24.3. The highest BCUT2D eigenvalue weighted by molar-refractivity contribution is 5.83. The lowest BCUT2D eigenvalue weighted by Gasteiger charge is -2.23. The monoisotopic (exact) mass is 443 g/mol. The van der Waals surface area contributed by atoms with Crippen LogP contribution in [0.5, 0.6) is 0 Å². The van der Waals surface area contributed by atoms with E-state index in [2.05, 4.69) is 10.3 Å². The summed E-state index contributed by atoms with van der Waals surface area (Å²) in [6, 6.07) is 0. The number of aromatic nitrogens is 2. The number of rotatable bonds is 7. The average Bonchev–Trinajstić information content (AvgIpc) is 2.92. The van der Waals surface area contributed by atoms with E-state index < -0.39 is 59.9 Å². The highest BCUT2D eigenvalue weighted by Gasteiger charge is 2.48. The van der Waals surface area contributed by atoms with E-state index in [9.17, 15) is 23.6 Å². The Labute approximate surface area is 177 Å². The van der Waals surface area contributed by atoms with Gasteiger partial charge in [0.25, 0.3) is 0 Å². The van der Waals surface area contributed by atoms with Crippen molar-refractivity contribution in [3.05, 3.63) is 22.5 Å². The smallest absolute Gasteiger partial charge is 0.412 e. The van der Waals surface area contributed by atoms with Crippen LogP contribution in [0.3, 0.4) is 0 Å². The van der Waals surface area contributed by atoms with Gasteiger partial charge >= 0.3 is 23.7 Å². The summed E-state index contributed by atoms with van der Waals surface area (Å²) in [6.45, 7) is 7.86. The maximum atomic E-state index is 14.5. The van der Waals surface area contributed by atoms with Gasteiger partial charge in [0.2, 0.25) is 0 Å². The molecular weight excluding hydrogens is 417 g/mol. The number of nitrogens with zero attached hydrogens (tertiary/aromatic N) is 2. The molecule has 0 bridgehead atoms. The Bertz CT molecular complexity index is 887. The predicted octanol–water partition coefficient (Wildman–Crippen LogP) is 1.76. The topological polar surface area (TPSA) is 135 Å². The molecule has 11 nitrogen and oxygen atoms in total. The van der Waals surface area contributed by atoms with Crippen LogP contribution in [0.15, 0.2) is 11.0 Å². The molecule has 172 valence electrons. The number of halogens is 1. The quantitative estimate of drug-likeness (QED) is 0.494. The van der Waals surface area contributed by atoms with Crippen LogP contribution in [0.25, 0.3) is 0 Å². The summed E-state index contributed by atoms with van der Waals surface area (Å²) in [6.07, 6.45) is -3.88. The molecule has 4 atom stereocenters. The molecule has 0 spiro atoms. The molecule has 12 heteroatoms. The number of carbonyl (C=O) groups excluding carboxylic acids is 3. The van der Waals surface area contributed by atoms with Gasteiger partial charge in [-0.1, -0.05) is 13.8 Å². The molecule has 0 unspecified atom stereocenters. The van der Waals surface area contributed by atoms with E-state index in [1.807, 2.05) is 13.8 Å². The lowest BCUT2D eigenvalue weighted by atomic mass is 10.1. The largest absolute Gasteiger partial charge is 0.456 e. The van der Waals surface area contributed by atoms with E-state index in [1.165, 1.54) is 6.92 Å². The Morgan fingerprint density at radius 1 is 1.23 bits per heavy atom. The normalized spacial score (nSPS) is 22.8. The van der Waals surface area contributed by atoms with Crippen LogP contribution in [-0.4, -0.2) is 52.5 Å². The third-order valence-electron chi connectivity index (χ3n) is 4.36. The molecule has 0 saturated carbocycles. The van der Waals surface area contributed by atoms with Crippen molar-refractivity contribution < 1.29 is 37.7 Å². The van der Waals surface area contributed by atoms with Crippen molar-refractivity contribution in [2.45, 2.75) is 65.6 Å². The second kappa shape index (κ2) is 10.3. The molecule has 1 aromatic rings. The molecule has 31 heavy (non-hydrogen) atoms. The van der Waals surface area contributed by atoms with Crippen LogP contribution in [-0.2, 0) is 28.5 Å². The molecule has 1 N–H and O–H groups in total.